The number of furan rings is 1. The Hall–Kier alpha value is -2.50. The Morgan fingerprint density at radius 3 is 2.64 bits per heavy atom. The van der Waals surface area contributed by atoms with Crippen LogP contribution in [-0.2, 0) is 29.5 Å². The Morgan fingerprint density at radius 1 is 1.32 bits per heavy atom. The summed E-state index contributed by atoms with van der Waals surface area (Å²) in [5, 5.41) is 0. The highest BCUT2D eigenvalue weighted by molar-refractivity contribution is 5.93. The number of ether oxygens (including phenoxy) is 1. The summed E-state index contributed by atoms with van der Waals surface area (Å²) < 4.78 is 12.4. The van der Waals surface area contributed by atoms with Crippen LogP contribution in [0.1, 0.15) is 46.4 Å². The summed E-state index contributed by atoms with van der Waals surface area (Å²) in [6.07, 6.45) is 2.54. The maximum absolute atomic E-state index is 12.4. The zero-order valence-corrected chi connectivity index (χ0v) is 15.6. The van der Waals surface area contributed by atoms with Crippen molar-refractivity contribution in [3.8, 4) is 0 Å². The molecule has 2 aromatic rings. The number of carbonyl (C=O) groups excluding carboxylic acids is 2. The standard InChI is InChI=1S/C19H26N2O4/c1-6-24-19(23)18-13(2)16(21(5)14(18)3)9-10-17(22)20(4)12-15-8-7-11-25-15/h7-8,11H,6,9-10,12H2,1-5H3. The van der Waals surface area contributed by atoms with Crippen molar-refractivity contribution in [3.63, 3.8) is 0 Å². The summed E-state index contributed by atoms with van der Waals surface area (Å²) in [6, 6.07) is 3.65. The van der Waals surface area contributed by atoms with Crippen molar-refractivity contribution in [2.24, 2.45) is 7.05 Å². The molecule has 0 radical (unpaired) electrons. The van der Waals surface area contributed by atoms with E-state index in [1.807, 2.05) is 31.5 Å². The molecular formula is C19H26N2O4. The first-order valence-corrected chi connectivity index (χ1v) is 8.45. The predicted molar refractivity (Wildman–Crippen MR) is 94.3 cm³/mol. The summed E-state index contributed by atoms with van der Waals surface area (Å²) in [4.78, 5) is 26.2. The van der Waals surface area contributed by atoms with E-state index in [4.69, 9.17) is 9.15 Å². The van der Waals surface area contributed by atoms with Crippen LogP contribution in [0.25, 0.3) is 0 Å². The van der Waals surface area contributed by atoms with Crippen molar-refractivity contribution in [2.75, 3.05) is 13.7 Å². The lowest BCUT2D eigenvalue weighted by molar-refractivity contribution is -0.130. The molecule has 0 N–H and O–H groups in total. The van der Waals surface area contributed by atoms with E-state index in [0.29, 0.717) is 31.6 Å². The smallest absolute Gasteiger partial charge is 0.340 e. The molecule has 2 rings (SSSR count). The van der Waals surface area contributed by atoms with Crippen molar-refractivity contribution < 1.29 is 18.7 Å². The highest BCUT2D eigenvalue weighted by Gasteiger charge is 2.22. The highest BCUT2D eigenvalue weighted by Crippen LogP contribution is 2.23. The molecule has 0 fully saturated rings. The molecule has 0 saturated carbocycles. The number of hydrogen-bond donors (Lipinski definition) is 0. The number of esters is 1. The number of amides is 1. The van der Waals surface area contributed by atoms with Gasteiger partial charge >= 0.3 is 5.97 Å². The van der Waals surface area contributed by atoms with Crippen LogP contribution >= 0.6 is 0 Å². The molecule has 25 heavy (non-hydrogen) atoms. The lowest BCUT2D eigenvalue weighted by Crippen LogP contribution is -2.26. The molecule has 2 heterocycles. The summed E-state index contributed by atoms with van der Waals surface area (Å²) in [5.41, 5.74) is 3.35. The van der Waals surface area contributed by atoms with Crippen LogP contribution in [0.3, 0.4) is 0 Å². The van der Waals surface area contributed by atoms with Gasteiger partial charge in [-0.15, -0.1) is 0 Å². The minimum absolute atomic E-state index is 0.0346. The third kappa shape index (κ3) is 4.13. The van der Waals surface area contributed by atoms with E-state index in [9.17, 15) is 9.59 Å². The Bertz CT molecular complexity index is 744. The quantitative estimate of drug-likeness (QED) is 0.723. The van der Waals surface area contributed by atoms with E-state index in [1.165, 1.54) is 0 Å². The molecule has 0 unspecified atom stereocenters. The van der Waals surface area contributed by atoms with Gasteiger partial charge in [0.1, 0.15) is 5.76 Å². The Kier molecular flexibility index (Phi) is 6.07. The number of rotatable bonds is 7. The molecule has 0 aliphatic heterocycles. The second-order valence-electron chi connectivity index (χ2n) is 6.14. The fourth-order valence-electron chi connectivity index (χ4n) is 3.04. The maximum Gasteiger partial charge on any atom is 0.340 e. The second-order valence-corrected chi connectivity index (χ2v) is 6.14. The fourth-order valence-corrected chi connectivity index (χ4v) is 3.04. The highest BCUT2D eigenvalue weighted by atomic mass is 16.5. The Balaban J connectivity index is 2.06. The van der Waals surface area contributed by atoms with Crippen molar-refractivity contribution in [1.82, 2.24) is 9.47 Å². The average molecular weight is 346 g/mol. The zero-order chi connectivity index (χ0) is 18.6. The molecule has 0 spiro atoms. The first-order valence-electron chi connectivity index (χ1n) is 8.45. The first kappa shape index (κ1) is 18.8. The molecule has 6 nitrogen and oxygen atoms in total. The Morgan fingerprint density at radius 2 is 2.04 bits per heavy atom. The van der Waals surface area contributed by atoms with Gasteiger partial charge in [-0.05, 0) is 44.9 Å². The van der Waals surface area contributed by atoms with Crippen LogP contribution < -0.4 is 0 Å². The molecule has 0 saturated heterocycles. The summed E-state index contributed by atoms with van der Waals surface area (Å²) >= 11 is 0. The van der Waals surface area contributed by atoms with Gasteiger partial charge in [-0.3, -0.25) is 4.79 Å². The van der Waals surface area contributed by atoms with Crippen LogP contribution in [0.4, 0.5) is 0 Å². The number of hydrogen-bond acceptors (Lipinski definition) is 4. The molecule has 0 aromatic carbocycles. The van der Waals surface area contributed by atoms with Gasteiger partial charge < -0.3 is 18.6 Å². The van der Waals surface area contributed by atoms with E-state index in [2.05, 4.69) is 0 Å². The van der Waals surface area contributed by atoms with Crippen molar-refractivity contribution in [3.05, 3.63) is 46.7 Å². The number of nitrogens with zero attached hydrogens (tertiary/aromatic N) is 2. The molecule has 6 heteroatoms. The van der Waals surface area contributed by atoms with Crippen LogP contribution in [0.15, 0.2) is 22.8 Å². The first-order chi connectivity index (χ1) is 11.9. The molecule has 2 aromatic heterocycles. The largest absolute Gasteiger partial charge is 0.467 e. The van der Waals surface area contributed by atoms with Crippen LogP contribution in [0.2, 0.25) is 0 Å². The van der Waals surface area contributed by atoms with E-state index in [0.717, 1.165) is 22.7 Å². The SMILES string of the molecule is CCOC(=O)c1c(C)c(CCC(=O)N(C)Cc2ccco2)n(C)c1C. The lowest BCUT2D eigenvalue weighted by Gasteiger charge is -2.16. The van der Waals surface area contributed by atoms with Crippen LogP contribution in [0.5, 0.6) is 0 Å². The predicted octanol–water partition coefficient (Wildman–Crippen LogP) is 3.00. The van der Waals surface area contributed by atoms with Crippen LogP contribution in [-0.4, -0.2) is 35.0 Å². The molecular weight excluding hydrogens is 320 g/mol. The van der Waals surface area contributed by atoms with Gasteiger partial charge in [-0.1, -0.05) is 0 Å². The third-order valence-electron chi connectivity index (χ3n) is 4.53. The molecule has 1 amide bonds. The van der Waals surface area contributed by atoms with Gasteiger partial charge in [0, 0.05) is 31.9 Å². The molecule has 136 valence electrons. The number of carbonyl (C=O) groups is 2. The zero-order valence-electron chi connectivity index (χ0n) is 15.6. The van der Waals surface area contributed by atoms with Gasteiger partial charge in [0.15, 0.2) is 0 Å². The van der Waals surface area contributed by atoms with E-state index in [1.54, 1.807) is 31.2 Å². The van der Waals surface area contributed by atoms with E-state index < -0.39 is 0 Å². The van der Waals surface area contributed by atoms with E-state index in [-0.39, 0.29) is 11.9 Å². The normalized spacial score (nSPS) is 10.8. The summed E-state index contributed by atoms with van der Waals surface area (Å²) in [5.74, 6) is 0.485. The Labute approximate surface area is 148 Å². The fraction of sp³-hybridized carbons (Fsp3) is 0.474. The summed E-state index contributed by atoms with van der Waals surface area (Å²) in [6.45, 7) is 6.39. The molecule has 0 aliphatic rings. The lowest BCUT2D eigenvalue weighted by atomic mass is 10.1. The topological polar surface area (TPSA) is 64.7 Å². The van der Waals surface area contributed by atoms with Crippen LogP contribution in [0, 0.1) is 13.8 Å². The third-order valence-corrected chi connectivity index (χ3v) is 4.53. The van der Waals surface area contributed by atoms with Crippen molar-refractivity contribution in [1.29, 1.82) is 0 Å². The van der Waals surface area contributed by atoms with Gasteiger partial charge in [0.25, 0.3) is 0 Å². The van der Waals surface area contributed by atoms with Crippen molar-refractivity contribution in [2.45, 2.75) is 40.2 Å². The van der Waals surface area contributed by atoms with E-state index >= 15 is 0 Å². The van der Waals surface area contributed by atoms with Gasteiger partial charge in [-0.2, -0.15) is 0 Å². The minimum atomic E-state index is -0.305. The van der Waals surface area contributed by atoms with Gasteiger partial charge in [-0.25, -0.2) is 4.79 Å². The van der Waals surface area contributed by atoms with Crippen molar-refractivity contribution >= 4 is 11.9 Å². The minimum Gasteiger partial charge on any atom is -0.467 e. The monoisotopic (exact) mass is 346 g/mol. The number of aromatic nitrogens is 1. The summed E-state index contributed by atoms with van der Waals surface area (Å²) in [7, 11) is 3.68. The molecule has 0 atom stereocenters. The average Bonchev–Trinajstić information content (AvgIpc) is 3.14. The second kappa shape index (κ2) is 8.05. The van der Waals surface area contributed by atoms with Gasteiger partial charge in [0.05, 0.1) is 25.0 Å². The molecule has 0 bridgehead atoms. The molecule has 0 aliphatic carbocycles. The maximum atomic E-state index is 12.4. The van der Waals surface area contributed by atoms with Gasteiger partial charge in [0.2, 0.25) is 5.91 Å².